The summed E-state index contributed by atoms with van der Waals surface area (Å²) in [5.74, 6) is 1.15. The molecule has 1 aromatic heterocycles. The van der Waals surface area contributed by atoms with Gasteiger partial charge >= 0.3 is 0 Å². The minimum absolute atomic E-state index is 0. The predicted octanol–water partition coefficient (Wildman–Crippen LogP) is 2.41. The van der Waals surface area contributed by atoms with Crippen molar-refractivity contribution in [3.8, 4) is 0 Å². The number of hydrogen-bond donors (Lipinski definition) is 0. The first-order valence-corrected chi connectivity index (χ1v) is 9.05. The first-order valence-electron chi connectivity index (χ1n) is 9.05. The Hall–Kier alpha value is -1.33. The zero-order chi connectivity index (χ0) is 15.6. The van der Waals surface area contributed by atoms with Gasteiger partial charge in [-0.1, -0.05) is 0 Å². The molecule has 3 fully saturated rings. The molecule has 1 aliphatic carbocycles. The lowest BCUT2D eigenvalue weighted by Gasteiger charge is -2.35. The Balaban J connectivity index is 0.00000169. The van der Waals surface area contributed by atoms with Crippen LogP contribution in [0.5, 0.6) is 0 Å². The first-order chi connectivity index (χ1) is 11.3. The lowest BCUT2D eigenvalue weighted by Crippen LogP contribution is -2.47. The third kappa shape index (κ3) is 3.83. The second-order valence-corrected chi connectivity index (χ2v) is 7.01. The zero-order valence-corrected chi connectivity index (χ0v) is 15.0. The van der Waals surface area contributed by atoms with Gasteiger partial charge in [-0.05, 0) is 44.2 Å². The van der Waals surface area contributed by atoms with Crippen LogP contribution in [0.1, 0.15) is 42.5 Å². The molecule has 5 nitrogen and oxygen atoms in total. The molecule has 132 valence electrons. The smallest absolute Gasteiger partial charge is 0.255 e. The summed E-state index contributed by atoms with van der Waals surface area (Å²) in [6.07, 6.45) is 8.02. The normalized spacial score (nSPS) is 22.2. The van der Waals surface area contributed by atoms with Gasteiger partial charge in [0.1, 0.15) is 5.82 Å². The van der Waals surface area contributed by atoms with E-state index in [1.165, 1.54) is 19.3 Å². The summed E-state index contributed by atoms with van der Waals surface area (Å²) in [4.78, 5) is 24.0. The van der Waals surface area contributed by atoms with Gasteiger partial charge < -0.3 is 9.80 Å². The maximum absolute atomic E-state index is 12.5. The molecule has 0 spiro atoms. The highest BCUT2D eigenvalue weighted by molar-refractivity contribution is 5.94. The van der Waals surface area contributed by atoms with Crippen LogP contribution in [0.2, 0.25) is 0 Å². The SMILES string of the molecule is Cl.O=C(c1ccc(N2CCN(C3CC3)CC2)nc1)N1CCCCC1. The van der Waals surface area contributed by atoms with Crippen molar-refractivity contribution in [1.29, 1.82) is 0 Å². The number of aromatic nitrogens is 1. The van der Waals surface area contributed by atoms with Crippen LogP contribution >= 0.6 is 12.4 Å². The highest BCUT2D eigenvalue weighted by Gasteiger charge is 2.31. The van der Waals surface area contributed by atoms with Crippen LogP contribution < -0.4 is 4.90 Å². The molecule has 4 rings (SSSR count). The summed E-state index contributed by atoms with van der Waals surface area (Å²) in [7, 11) is 0. The van der Waals surface area contributed by atoms with E-state index in [0.29, 0.717) is 0 Å². The molecule has 0 bridgehead atoms. The Bertz CT molecular complexity index is 547. The number of amides is 1. The van der Waals surface area contributed by atoms with Crippen LogP contribution in [-0.4, -0.2) is 66.0 Å². The quantitative estimate of drug-likeness (QED) is 0.839. The Morgan fingerprint density at radius 2 is 1.67 bits per heavy atom. The van der Waals surface area contributed by atoms with Crippen molar-refractivity contribution in [2.75, 3.05) is 44.2 Å². The van der Waals surface area contributed by atoms with Gasteiger partial charge in [0.25, 0.3) is 5.91 Å². The summed E-state index contributed by atoms with van der Waals surface area (Å²) >= 11 is 0. The second-order valence-electron chi connectivity index (χ2n) is 7.01. The molecule has 2 aliphatic heterocycles. The number of halogens is 1. The molecular weight excluding hydrogens is 324 g/mol. The van der Waals surface area contributed by atoms with Crippen LogP contribution in [-0.2, 0) is 0 Å². The summed E-state index contributed by atoms with van der Waals surface area (Å²) in [5, 5.41) is 0. The molecule has 0 N–H and O–H groups in total. The maximum atomic E-state index is 12.5. The number of pyridine rings is 1. The van der Waals surface area contributed by atoms with Crippen molar-refractivity contribution in [2.45, 2.75) is 38.1 Å². The fraction of sp³-hybridized carbons (Fsp3) is 0.667. The fourth-order valence-corrected chi connectivity index (χ4v) is 3.74. The largest absolute Gasteiger partial charge is 0.354 e. The van der Waals surface area contributed by atoms with Gasteiger partial charge in [-0.3, -0.25) is 9.69 Å². The van der Waals surface area contributed by atoms with Gasteiger partial charge in [-0.25, -0.2) is 4.98 Å². The molecule has 3 heterocycles. The number of piperazine rings is 1. The molecule has 1 aromatic rings. The molecule has 0 aromatic carbocycles. The molecule has 2 saturated heterocycles. The number of rotatable bonds is 3. The number of nitrogens with zero attached hydrogens (tertiary/aromatic N) is 4. The van der Waals surface area contributed by atoms with E-state index in [0.717, 1.165) is 69.5 Å². The van der Waals surface area contributed by atoms with Gasteiger partial charge in [0.05, 0.1) is 5.56 Å². The van der Waals surface area contributed by atoms with Crippen molar-refractivity contribution in [3.63, 3.8) is 0 Å². The molecule has 1 amide bonds. The Kier molecular flexibility index (Phi) is 5.61. The highest BCUT2D eigenvalue weighted by atomic mass is 35.5. The van der Waals surface area contributed by atoms with E-state index in [4.69, 9.17) is 0 Å². The van der Waals surface area contributed by atoms with Crippen LogP contribution in [0, 0.1) is 0 Å². The Labute approximate surface area is 150 Å². The minimum Gasteiger partial charge on any atom is -0.354 e. The van der Waals surface area contributed by atoms with Crippen molar-refractivity contribution < 1.29 is 4.79 Å². The van der Waals surface area contributed by atoms with E-state index in [9.17, 15) is 4.79 Å². The van der Waals surface area contributed by atoms with Gasteiger partial charge in [0.15, 0.2) is 0 Å². The zero-order valence-electron chi connectivity index (χ0n) is 14.2. The average molecular weight is 351 g/mol. The van der Waals surface area contributed by atoms with E-state index in [1.54, 1.807) is 6.20 Å². The van der Waals surface area contributed by atoms with Gasteiger partial charge in [-0.15, -0.1) is 12.4 Å². The lowest BCUT2D eigenvalue weighted by atomic mass is 10.1. The lowest BCUT2D eigenvalue weighted by molar-refractivity contribution is 0.0724. The van der Waals surface area contributed by atoms with E-state index in [2.05, 4.69) is 14.8 Å². The number of likely N-dealkylation sites (tertiary alicyclic amines) is 1. The van der Waals surface area contributed by atoms with E-state index in [-0.39, 0.29) is 18.3 Å². The van der Waals surface area contributed by atoms with Gasteiger partial charge in [0.2, 0.25) is 0 Å². The number of piperidine rings is 1. The number of anilines is 1. The molecule has 1 saturated carbocycles. The highest BCUT2D eigenvalue weighted by Crippen LogP contribution is 2.28. The Morgan fingerprint density at radius 3 is 2.25 bits per heavy atom. The van der Waals surface area contributed by atoms with Gasteiger partial charge in [-0.2, -0.15) is 0 Å². The fourth-order valence-electron chi connectivity index (χ4n) is 3.74. The third-order valence-corrected chi connectivity index (χ3v) is 5.34. The summed E-state index contributed by atoms with van der Waals surface area (Å²) in [5.41, 5.74) is 0.729. The Morgan fingerprint density at radius 1 is 0.958 bits per heavy atom. The van der Waals surface area contributed by atoms with E-state index >= 15 is 0 Å². The molecule has 24 heavy (non-hydrogen) atoms. The second kappa shape index (κ2) is 7.70. The molecular formula is C18H27ClN4O. The topological polar surface area (TPSA) is 39.7 Å². The maximum Gasteiger partial charge on any atom is 0.255 e. The van der Waals surface area contributed by atoms with Crippen molar-refractivity contribution >= 4 is 24.1 Å². The van der Waals surface area contributed by atoms with Crippen molar-refractivity contribution in [1.82, 2.24) is 14.8 Å². The average Bonchev–Trinajstić information content (AvgIpc) is 3.47. The molecule has 3 aliphatic rings. The summed E-state index contributed by atoms with van der Waals surface area (Å²) < 4.78 is 0. The van der Waals surface area contributed by atoms with E-state index < -0.39 is 0 Å². The van der Waals surface area contributed by atoms with Gasteiger partial charge in [0, 0.05) is 51.5 Å². The van der Waals surface area contributed by atoms with E-state index in [1.807, 2.05) is 17.0 Å². The standard InChI is InChI=1S/C18H26N4O.ClH/c23-18(22-8-2-1-3-9-22)15-4-7-17(19-14-15)21-12-10-20(11-13-21)16-5-6-16;/h4,7,14,16H,1-3,5-6,8-13H2;1H. The minimum atomic E-state index is 0. The van der Waals surface area contributed by atoms with Crippen LogP contribution in [0.3, 0.4) is 0 Å². The summed E-state index contributed by atoms with van der Waals surface area (Å²) in [6.45, 7) is 6.15. The summed E-state index contributed by atoms with van der Waals surface area (Å²) in [6, 6.07) is 4.82. The number of hydrogen-bond acceptors (Lipinski definition) is 4. The van der Waals surface area contributed by atoms with Crippen molar-refractivity contribution in [3.05, 3.63) is 23.9 Å². The molecule has 0 atom stereocenters. The molecule has 0 unspecified atom stereocenters. The third-order valence-electron chi connectivity index (χ3n) is 5.34. The number of carbonyl (C=O) groups excluding carboxylic acids is 1. The van der Waals surface area contributed by atoms with Crippen LogP contribution in [0.15, 0.2) is 18.3 Å². The molecule has 0 radical (unpaired) electrons. The predicted molar refractivity (Wildman–Crippen MR) is 98.0 cm³/mol. The first kappa shape index (κ1) is 17.5. The monoisotopic (exact) mass is 350 g/mol. The van der Waals surface area contributed by atoms with Crippen LogP contribution in [0.4, 0.5) is 5.82 Å². The molecule has 6 heteroatoms. The number of carbonyl (C=O) groups is 1. The van der Waals surface area contributed by atoms with Crippen LogP contribution in [0.25, 0.3) is 0 Å². The van der Waals surface area contributed by atoms with Crippen molar-refractivity contribution in [2.24, 2.45) is 0 Å².